The van der Waals surface area contributed by atoms with Gasteiger partial charge in [-0.3, -0.25) is 4.79 Å². The van der Waals surface area contributed by atoms with Crippen molar-refractivity contribution in [2.45, 2.75) is 6.42 Å². The molecule has 1 rings (SSSR count). The van der Waals surface area contributed by atoms with E-state index in [9.17, 15) is 9.59 Å². The molecule has 1 aromatic rings. The van der Waals surface area contributed by atoms with Crippen molar-refractivity contribution in [1.29, 1.82) is 0 Å². The number of amides is 1. The van der Waals surface area contributed by atoms with E-state index < -0.39 is 5.97 Å². The summed E-state index contributed by atoms with van der Waals surface area (Å²) in [5.41, 5.74) is 5.91. The van der Waals surface area contributed by atoms with Gasteiger partial charge in [-0.1, -0.05) is 12.2 Å². The highest BCUT2D eigenvalue weighted by atomic mass is 32.1. The van der Waals surface area contributed by atoms with E-state index in [1.807, 2.05) is 11.4 Å². The molecule has 16 heavy (non-hydrogen) atoms. The highest BCUT2D eigenvalue weighted by Gasteiger charge is 1.95. The van der Waals surface area contributed by atoms with Crippen molar-refractivity contribution in [2.24, 2.45) is 5.73 Å². The van der Waals surface area contributed by atoms with Crippen molar-refractivity contribution in [3.05, 3.63) is 34.0 Å². The van der Waals surface area contributed by atoms with Crippen LogP contribution in [0.15, 0.2) is 23.6 Å². The van der Waals surface area contributed by atoms with Gasteiger partial charge in [0, 0.05) is 17.4 Å². The number of primary amides is 1. The molecular weight excluding hydrogens is 226 g/mol. The third-order valence-electron chi connectivity index (χ3n) is 1.66. The first kappa shape index (κ1) is 12.2. The molecule has 0 radical (unpaired) electrons. The standard InChI is InChI=1S/C11H11NO3S/c12-10(13)3-1-2-8-6-9(16-7-8)4-5-11(14)15/h1-2,4-7H,3H2,(H2,12,13)(H,14,15)/b2-1?,5-4+. The lowest BCUT2D eigenvalue weighted by Gasteiger charge is -1.84. The second-order valence-electron chi connectivity index (χ2n) is 3.03. The number of hydrogen-bond donors (Lipinski definition) is 2. The Bertz CT molecular complexity index is 446. The van der Waals surface area contributed by atoms with Gasteiger partial charge in [-0.2, -0.15) is 0 Å². The Labute approximate surface area is 96.7 Å². The van der Waals surface area contributed by atoms with Gasteiger partial charge in [0.2, 0.25) is 5.91 Å². The number of nitrogens with two attached hydrogens (primary N) is 1. The van der Waals surface area contributed by atoms with Crippen LogP contribution in [0.25, 0.3) is 12.2 Å². The minimum atomic E-state index is -0.973. The van der Waals surface area contributed by atoms with Crippen LogP contribution < -0.4 is 5.73 Å². The lowest BCUT2D eigenvalue weighted by molar-refractivity contribution is -0.131. The van der Waals surface area contributed by atoms with Crippen LogP contribution in [0, 0.1) is 0 Å². The van der Waals surface area contributed by atoms with Crippen molar-refractivity contribution in [3.8, 4) is 0 Å². The quantitative estimate of drug-likeness (QED) is 0.765. The Morgan fingerprint density at radius 3 is 2.81 bits per heavy atom. The fourth-order valence-electron chi connectivity index (χ4n) is 1.01. The van der Waals surface area contributed by atoms with Gasteiger partial charge in [-0.05, 0) is 23.1 Å². The lowest BCUT2D eigenvalue weighted by atomic mass is 10.2. The fraction of sp³-hybridized carbons (Fsp3) is 0.0909. The smallest absolute Gasteiger partial charge is 0.328 e. The summed E-state index contributed by atoms with van der Waals surface area (Å²) in [7, 11) is 0. The zero-order valence-corrected chi connectivity index (χ0v) is 9.24. The maximum absolute atomic E-state index is 10.5. The zero-order chi connectivity index (χ0) is 12.0. The van der Waals surface area contributed by atoms with Crippen LogP contribution in [-0.2, 0) is 9.59 Å². The van der Waals surface area contributed by atoms with Crippen molar-refractivity contribution >= 4 is 35.4 Å². The average molecular weight is 237 g/mol. The predicted octanol–water partition coefficient (Wildman–Crippen LogP) is 1.73. The van der Waals surface area contributed by atoms with Crippen molar-refractivity contribution in [2.75, 3.05) is 0 Å². The molecule has 0 spiro atoms. The first-order chi connectivity index (χ1) is 7.58. The maximum atomic E-state index is 10.5. The molecule has 0 unspecified atom stereocenters. The van der Waals surface area contributed by atoms with E-state index >= 15 is 0 Å². The molecule has 0 saturated heterocycles. The third kappa shape index (κ3) is 4.56. The number of aliphatic carboxylic acids is 1. The van der Waals surface area contributed by atoms with Crippen LogP contribution in [-0.4, -0.2) is 17.0 Å². The van der Waals surface area contributed by atoms with E-state index in [0.717, 1.165) is 16.5 Å². The number of carbonyl (C=O) groups excluding carboxylic acids is 1. The molecule has 1 heterocycles. The van der Waals surface area contributed by atoms with Crippen LogP contribution in [0.3, 0.4) is 0 Å². The van der Waals surface area contributed by atoms with E-state index in [-0.39, 0.29) is 12.3 Å². The summed E-state index contributed by atoms with van der Waals surface area (Å²) < 4.78 is 0. The molecule has 1 aromatic heterocycles. The molecular formula is C11H11NO3S. The minimum Gasteiger partial charge on any atom is -0.478 e. The molecule has 0 aliphatic carbocycles. The second-order valence-corrected chi connectivity index (χ2v) is 3.97. The van der Waals surface area contributed by atoms with Crippen LogP contribution in [0.2, 0.25) is 0 Å². The molecule has 0 bridgehead atoms. The topological polar surface area (TPSA) is 80.4 Å². The maximum Gasteiger partial charge on any atom is 0.328 e. The van der Waals surface area contributed by atoms with Gasteiger partial charge in [0.25, 0.3) is 0 Å². The molecule has 0 saturated carbocycles. The van der Waals surface area contributed by atoms with Gasteiger partial charge in [0.1, 0.15) is 0 Å². The Morgan fingerprint density at radius 2 is 2.19 bits per heavy atom. The van der Waals surface area contributed by atoms with Gasteiger partial charge in [-0.15, -0.1) is 11.3 Å². The van der Waals surface area contributed by atoms with E-state index in [4.69, 9.17) is 10.8 Å². The Kier molecular flexibility index (Phi) is 4.47. The summed E-state index contributed by atoms with van der Waals surface area (Å²) in [6.07, 6.45) is 6.27. The number of carboxylic acids is 1. The molecule has 0 atom stereocenters. The monoisotopic (exact) mass is 237 g/mol. The molecule has 4 nitrogen and oxygen atoms in total. The highest BCUT2D eigenvalue weighted by molar-refractivity contribution is 7.11. The van der Waals surface area contributed by atoms with Crippen molar-refractivity contribution in [1.82, 2.24) is 0 Å². The number of thiophene rings is 1. The van der Waals surface area contributed by atoms with Crippen LogP contribution in [0.4, 0.5) is 0 Å². The molecule has 84 valence electrons. The van der Waals surface area contributed by atoms with Crippen LogP contribution >= 0.6 is 11.3 Å². The van der Waals surface area contributed by atoms with Gasteiger partial charge < -0.3 is 10.8 Å². The normalized spacial score (nSPS) is 11.2. The Balaban J connectivity index is 2.61. The number of carboxylic acid groups (broad SMARTS) is 1. The number of rotatable bonds is 5. The zero-order valence-electron chi connectivity index (χ0n) is 8.42. The first-order valence-corrected chi connectivity index (χ1v) is 5.40. The molecule has 0 fully saturated rings. The summed E-state index contributed by atoms with van der Waals surface area (Å²) in [6.45, 7) is 0. The summed E-state index contributed by atoms with van der Waals surface area (Å²) in [4.78, 5) is 21.6. The molecule has 3 N–H and O–H groups in total. The fourth-order valence-corrected chi connectivity index (χ4v) is 1.78. The van der Waals surface area contributed by atoms with E-state index in [1.165, 1.54) is 17.4 Å². The highest BCUT2D eigenvalue weighted by Crippen LogP contribution is 2.17. The van der Waals surface area contributed by atoms with Gasteiger partial charge in [-0.25, -0.2) is 4.79 Å². The summed E-state index contributed by atoms with van der Waals surface area (Å²) in [5, 5.41) is 10.3. The van der Waals surface area contributed by atoms with Gasteiger partial charge in [0.15, 0.2) is 0 Å². The third-order valence-corrected chi connectivity index (χ3v) is 2.58. The Morgan fingerprint density at radius 1 is 1.44 bits per heavy atom. The Hall–Kier alpha value is -1.88. The minimum absolute atomic E-state index is 0.205. The second kappa shape index (κ2) is 5.87. The van der Waals surface area contributed by atoms with E-state index in [1.54, 1.807) is 12.2 Å². The van der Waals surface area contributed by atoms with E-state index in [0.29, 0.717) is 0 Å². The molecule has 1 amide bonds. The van der Waals surface area contributed by atoms with Crippen LogP contribution in [0.5, 0.6) is 0 Å². The van der Waals surface area contributed by atoms with Crippen molar-refractivity contribution in [3.63, 3.8) is 0 Å². The number of carbonyl (C=O) groups is 2. The number of hydrogen-bond acceptors (Lipinski definition) is 3. The molecule has 0 aromatic carbocycles. The largest absolute Gasteiger partial charge is 0.478 e. The van der Waals surface area contributed by atoms with Gasteiger partial charge >= 0.3 is 5.97 Å². The summed E-state index contributed by atoms with van der Waals surface area (Å²) in [6, 6.07) is 1.83. The SMILES string of the molecule is NC(=O)CC=Cc1csc(/C=C/C(=O)O)c1. The molecule has 5 heteroatoms. The predicted molar refractivity (Wildman–Crippen MR) is 63.8 cm³/mol. The average Bonchev–Trinajstić information content (AvgIpc) is 2.62. The van der Waals surface area contributed by atoms with Gasteiger partial charge in [0.05, 0.1) is 0 Å². The first-order valence-electron chi connectivity index (χ1n) is 4.52. The van der Waals surface area contributed by atoms with Crippen LogP contribution in [0.1, 0.15) is 16.9 Å². The van der Waals surface area contributed by atoms with E-state index in [2.05, 4.69) is 0 Å². The molecule has 0 aliphatic heterocycles. The van der Waals surface area contributed by atoms with Crippen molar-refractivity contribution < 1.29 is 14.7 Å². The lowest BCUT2D eigenvalue weighted by Crippen LogP contribution is -2.07. The summed E-state index contributed by atoms with van der Waals surface area (Å²) in [5.74, 6) is -1.35. The molecule has 0 aliphatic rings. The summed E-state index contributed by atoms with van der Waals surface area (Å²) >= 11 is 1.43.